The fourth-order valence-corrected chi connectivity index (χ4v) is 13.9. The lowest BCUT2D eigenvalue weighted by Gasteiger charge is -2.29. The van der Waals surface area contributed by atoms with E-state index >= 15 is 0 Å². The molecule has 4 amide bonds. The van der Waals surface area contributed by atoms with Crippen molar-refractivity contribution in [3.8, 4) is 0 Å². The largest absolute Gasteiger partial charge is 0.480 e. The summed E-state index contributed by atoms with van der Waals surface area (Å²) in [7, 11) is 0. The van der Waals surface area contributed by atoms with Crippen molar-refractivity contribution in [2.24, 2.45) is 0 Å². The lowest BCUT2D eigenvalue weighted by molar-refractivity contribution is -0.152. The third-order valence-electron chi connectivity index (χ3n) is 17.3. The molecule has 2 aliphatic heterocycles. The van der Waals surface area contributed by atoms with E-state index in [1.54, 1.807) is 24.3 Å². The maximum Gasteiger partial charge on any atom is 0.320 e. The van der Waals surface area contributed by atoms with Gasteiger partial charge in [-0.1, -0.05) is 72.8 Å². The van der Waals surface area contributed by atoms with Gasteiger partial charge in [0.15, 0.2) is 0 Å². The number of unbranched alkanes of at least 4 members (excludes halogenated alkanes) is 2. The number of benzene rings is 11. The SMILES string of the molecule is O=C(O)CN(CC(=O)O)C(CCCCN1C(=O)c2ccc3c4ccc5c6ccc7c8ccc9c%10c(ccc(c%11ccc(c%12ccc(c%13ccc(c2c3%13)C1=O)c4c5%12)c6c7%11)c%108)C(=O)N(CCCCC(C(=O)O)N(CC(=O)O)CC(=O)O)C9=O)C(=O)O. The van der Waals surface area contributed by atoms with E-state index in [1.165, 1.54) is 0 Å². The van der Waals surface area contributed by atoms with Crippen LogP contribution in [0.1, 0.15) is 80.0 Å². The normalized spacial score (nSPS) is 14.5. The van der Waals surface area contributed by atoms with Gasteiger partial charge >= 0.3 is 35.8 Å². The summed E-state index contributed by atoms with van der Waals surface area (Å²) in [5.41, 5.74) is 1.37. The van der Waals surface area contributed by atoms with Crippen molar-refractivity contribution >= 4 is 167 Å². The minimum absolute atomic E-state index is 0.0478. The molecule has 2 heterocycles. The standard InChI is InChI=1S/C64H48N4O16/c69-47(70)25-65(26-48(71)72)45(63(81)82)5-1-3-23-67-59(77)41-19-15-37-33-11-7-29-31-9-13-35-39-17-21-43-58-44(62(80)68(61(43)79)24-4-2-6-46(64(83)84)66(27-49(73)74)28-50(75)76)22-18-40(56(39)58)36-14-10-32(52(31)54(35)36)30-8-12-34(53(33)51(29)30)38-16-20-42(60(67)78)57(41)55(37)38/h7-22,45-46H,1-6,23-28H2,(H,69,70)(H,71,72)(H,73,74)(H,75,76)(H,81,82)(H,83,84). The number of carbonyl (C=O) groups is 10. The average Bonchev–Trinajstić information content (AvgIpc) is 0.711. The Hall–Kier alpha value is -10.2. The maximum atomic E-state index is 14.3. The molecule has 84 heavy (non-hydrogen) atoms. The van der Waals surface area contributed by atoms with Crippen molar-refractivity contribution in [3.05, 3.63) is 119 Å². The fraction of sp³-hybridized carbons (Fsp3) is 0.219. The van der Waals surface area contributed by atoms with Crippen LogP contribution < -0.4 is 0 Å². The van der Waals surface area contributed by atoms with E-state index in [0.29, 0.717) is 33.0 Å². The van der Waals surface area contributed by atoms with Gasteiger partial charge in [-0.2, -0.15) is 0 Å². The van der Waals surface area contributed by atoms with Crippen LogP contribution in [0.15, 0.2) is 97.1 Å². The van der Waals surface area contributed by atoms with E-state index < -0.39 is 97.7 Å². The van der Waals surface area contributed by atoms with Gasteiger partial charge in [-0.05, 0) is 160 Å². The lowest BCUT2D eigenvalue weighted by atomic mass is 9.80. The first-order chi connectivity index (χ1) is 40.3. The molecular formula is C64H48N4O16. The van der Waals surface area contributed by atoms with Crippen LogP contribution in [0.4, 0.5) is 0 Å². The molecule has 0 aliphatic carbocycles. The van der Waals surface area contributed by atoms with Gasteiger partial charge in [0.1, 0.15) is 12.1 Å². The number of fused-ring (bicyclic) bond motifs is 6. The molecular weight excluding hydrogens is 1080 g/mol. The molecule has 20 nitrogen and oxygen atoms in total. The first-order valence-electron chi connectivity index (χ1n) is 27.3. The molecule has 0 saturated carbocycles. The minimum Gasteiger partial charge on any atom is -0.480 e. The summed E-state index contributed by atoms with van der Waals surface area (Å²) in [6.45, 7) is -3.26. The predicted molar refractivity (Wildman–Crippen MR) is 310 cm³/mol. The van der Waals surface area contributed by atoms with E-state index in [9.17, 15) is 78.6 Å². The number of hydrogen-bond acceptors (Lipinski definition) is 12. The molecule has 20 heteroatoms. The number of hydrogen-bond donors (Lipinski definition) is 6. The highest BCUT2D eigenvalue weighted by Gasteiger charge is 2.38. The predicted octanol–water partition coefficient (Wildman–Crippen LogP) is 8.91. The minimum atomic E-state index is -1.41. The molecule has 420 valence electrons. The number of nitrogens with zero attached hydrogens (tertiary/aromatic N) is 4. The van der Waals surface area contributed by atoms with Crippen LogP contribution in [-0.2, 0) is 28.8 Å². The first kappa shape index (κ1) is 53.1. The highest BCUT2D eigenvalue weighted by Crippen LogP contribution is 2.52. The topological polar surface area (TPSA) is 305 Å². The van der Waals surface area contributed by atoms with Crippen LogP contribution in [0.3, 0.4) is 0 Å². The van der Waals surface area contributed by atoms with Gasteiger partial charge in [0.05, 0.1) is 26.2 Å². The Bertz CT molecular complexity index is 4250. The zero-order chi connectivity index (χ0) is 58.9. The number of carboxylic acid groups (broad SMARTS) is 6. The van der Waals surface area contributed by atoms with Crippen LogP contribution in [0.5, 0.6) is 0 Å². The summed E-state index contributed by atoms with van der Waals surface area (Å²) in [5, 5.41) is 75.1. The van der Waals surface area contributed by atoms with E-state index in [4.69, 9.17) is 0 Å². The molecule has 0 spiro atoms. The zero-order valence-electron chi connectivity index (χ0n) is 44.4. The van der Waals surface area contributed by atoms with Crippen molar-refractivity contribution in [3.63, 3.8) is 0 Å². The number of imide groups is 2. The summed E-state index contributed by atoms with van der Waals surface area (Å²) in [4.78, 5) is 131. The number of rotatable bonds is 22. The van der Waals surface area contributed by atoms with Crippen molar-refractivity contribution in [2.75, 3.05) is 39.3 Å². The van der Waals surface area contributed by atoms with E-state index in [2.05, 4.69) is 48.5 Å². The van der Waals surface area contributed by atoms with Gasteiger partial charge in [-0.25, -0.2) is 0 Å². The van der Waals surface area contributed by atoms with Crippen molar-refractivity contribution in [1.29, 1.82) is 0 Å². The Kier molecular flexibility index (Phi) is 12.5. The molecule has 13 rings (SSSR count). The summed E-state index contributed by atoms with van der Waals surface area (Å²) in [5.74, 6) is -10.3. The molecule has 0 fully saturated rings. The van der Waals surface area contributed by atoms with E-state index in [1.807, 2.05) is 24.3 Å². The van der Waals surface area contributed by atoms with Gasteiger partial charge in [0.25, 0.3) is 23.6 Å². The number of aliphatic carboxylic acids is 6. The molecule has 0 aromatic heterocycles. The Morgan fingerprint density at radius 2 is 0.512 bits per heavy atom. The summed E-state index contributed by atoms with van der Waals surface area (Å²) < 4.78 is 0. The van der Waals surface area contributed by atoms with E-state index in [-0.39, 0.29) is 51.6 Å². The van der Waals surface area contributed by atoms with Crippen LogP contribution in [0.25, 0.3) is 108 Å². The molecule has 2 atom stereocenters. The molecule has 11 aromatic carbocycles. The van der Waals surface area contributed by atoms with Gasteiger partial charge in [-0.3, -0.25) is 67.5 Å². The van der Waals surface area contributed by atoms with Crippen LogP contribution in [0.2, 0.25) is 0 Å². The van der Waals surface area contributed by atoms with Gasteiger partial charge in [0, 0.05) is 46.1 Å². The van der Waals surface area contributed by atoms with Crippen molar-refractivity contribution < 1.29 is 78.6 Å². The fourth-order valence-electron chi connectivity index (χ4n) is 13.9. The smallest absolute Gasteiger partial charge is 0.320 e. The molecule has 0 saturated heterocycles. The monoisotopic (exact) mass is 1130 g/mol. The molecule has 0 radical (unpaired) electrons. The number of carbonyl (C=O) groups excluding carboxylic acids is 4. The number of carboxylic acids is 6. The second kappa shape index (κ2) is 19.8. The van der Waals surface area contributed by atoms with Gasteiger partial charge in [-0.15, -0.1) is 0 Å². The van der Waals surface area contributed by atoms with Crippen LogP contribution in [0, 0.1) is 0 Å². The molecule has 2 unspecified atom stereocenters. The quantitative estimate of drug-likeness (QED) is 0.0160. The first-order valence-corrected chi connectivity index (χ1v) is 27.3. The van der Waals surface area contributed by atoms with Crippen LogP contribution in [-0.4, -0.2) is 161 Å². The highest BCUT2D eigenvalue weighted by atomic mass is 16.4. The highest BCUT2D eigenvalue weighted by molar-refractivity contribution is 6.47. The lowest BCUT2D eigenvalue weighted by Crippen LogP contribution is -2.46. The Labute approximate surface area is 472 Å². The third-order valence-corrected chi connectivity index (χ3v) is 17.3. The summed E-state index contributed by atoms with van der Waals surface area (Å²) >= 11 is 0. The molecule has 11 aromatic rings. The summed E-state index contributed by atoms with van der Waals surface area (Å²) in [6, 6.07) is 28.7. The Morgan fingerprint density at radius 1 is 0.310 bits per heavy atom. The second-order valence-electron chi connectivity index (χ2n) is 21.9. The third kappa shape index (κ3) is 8.03. The second-order valence-corrected chi connectivity index (χ2v) is 21.9. The van der Waals surface area contributed by atoms with E-state index in [0.717, 1.165) is 117 Å². The Morgan fingerprint density at radius 3 is 0.714 bits per heavy atom. The van der Waals surface area contributed by atoms with Gasteiger partial charge in [0.2, 0.25) is 0 Å². The van der Waals surface area contributed by atoms with Crippen molar-refractivity contribution in [2.45, 2.75) is 50.6 Å². The molecule has 6 N–H and O–H groups in total. The maximum absolute atomic E-state index is 14.3. The number of amides is 4. The molecule has 2 aliphatic rings. The molecule has 0 bridgehead atoms. The van der Waals surface area contributed by atoms with Crippen molar-refractivity contribution in [1.82, 2.24) is 19.6 Å². The van der Waals surface area contributed by atoms with Gasteiger partial charge < -0.3 is 30.6 Å². The zero-order valence-corrected chi connectivity index (χ0v) is 44.4. The Balaban J connectivity index is 0.835. The average molecular weight is 1130 g/mol. The summed E-state index contributed by atoms with van der Waals surface area (Å²) in [6.07, 6.45) is 0.464. The van der Waals surface area contributed by atoms with Crippen LogP contribution >= 0.6 is 0 Å².